The van der Waals surface area contributed by atoms with Crippen molar-refractivity contribution in [1.29, 1.82) is 5.26 Å². The van der Waals surface area contributed by atoms with Crippen molar-refractivity contribution < 1.29 is 13.2 Å². The van der Waals surface area contributed by atoms with E-state index in [2.05, 4.69) is 5.32 Å². The normalized spacial score (nSPS) is 10.2. The van der Waals surface area contributed by atoms with Gasteiger partial charge in [-0.2, -0.15) is 5.26 Å². The summed E-state index contributed by atoms with van der Waals surface area (Å²) in [6.07, 6.45) is 0. The molecule has 2 aromatic rings. The van der Waals surface area contributed by atoms with Gasteiger partial charge in [-0.05, 0) is 30.3 Å². The fourth-order valence-electron chi connectivity index (χ4n) is 1.63. The summed E-state index contributed by atoms with van der Waals surface area (Å²) in [4.78, 5) is 0. The third-order valence-electron chi connectivity index (χ3n) is 2.66. The molecule has 102 valence electrons. The van der Waals surface area contributed by atoms with Crippen LogP contribution in [0.5, 0.6) is 0 Å². The Labute approximate surface area is 118 Å². The minimum Gasteiger partial charge on any atom is -0.381 e. The third-order valence-corrected chi connectivity index (χ3v) is 2.97. The average Bonchev–Trinajstić information content (AvgIpc) is 2.41. The van der Waals surface area contributed by atoms with Crippen LogP contribution in [0.2, 0.25) is 5.02 Å². The first-order valence-corrected chi connectivity index (χ1v) is 5.96. The number of rotatable bonds is 3. The molecule has 0 bridgehead atoms. The van der Waals surface area contributed by atoms with Crippen molar-refractivity contribution in [3.63, 3.8) is 0 Å². The first kappa shape index (κ1) is 14.2. The molecular formula is C14H8ClF3N2. The van der Waals surface area contributed by atoms with Gasteiger partial charge in [-0.15, -0.1) is 0 Å². The van der Waals surface area contributed by atoms with Crippen LogP contribution >= 0.6 is 11.6 Å². The molecule has 0 amide bonds. The lowest BCUT2D eigenvalue weighted by Crippen LogP contribution is -2.05. The van der Waals surface area contributed by atoms with Crippen LogP contribution in [0.25, 0.3) is 0 Å². The lowest BCUT2D eigenvalue weighted by molar-refractivity contribution is 0.559. The van der Waals surface area contributed by atoms with E-state index in [1.807, 2.05) is 0 Å². The highest BCUT2D eigenvalue weighted by atomic mass is 35.5. The van der Waals surface area contributed by atoms with E-state index >= 15 is 0 Å². The monoisotopic (exact) mass is 296 g/mol. The zero-order valence-electron chi connectivity index (χ0n) is 10.1. The van der Waals surface area contributed by atoms with Gasteiger partial charge in [0.2, 0.25) is 0 Å². The molecule has 0 aliphatic heterocycles. The predicted molar refractivity (Wildman–Crippen MR) is 69.8 cm³/mol. The average molecular weight is 297 g/mol. The molecule has 2 nitrogen and oxygen atoms in total. The van der Waals surface area contributed by atoms with Crippen LogP contribution in [-0.2, 0) is 6.54 Å². The highest BCUT2D eigenvalue weighted by Gasteiger charge is 2.11. The number of hydrogen-bond donors (Lipinski definition) is 1. The summed E-state index contributed by atoms with van der Waals surface area (Å²) in [7, 11) is 0. The number of nitrogens with one attached hydrogen (secondary N) is 1. The van der Waals surface area contributed by atoms with Crippen molar-refractivity contribution in [2.24, 2.45) is 0 Å². The molecule has 0 saturated heterocycles. The largest absolute Gasteiger partial charge is 0.381 e. The van der Waals surface area contributed by atoms with Crippen LogP contribution < -0.4 is 5.32 Å². The molecular weight excluding hydrogens is 289 g/mol. The Morgan fingerprint density at radius 1 is 1.05 bits per heavy atom. The van der Waals surface area contributed by atoms with Crippen molar-refractivity contribution in [2.45, 2.75) is 6.54 Å². The van der Waals surface area contributed by atoms with E-state index in [4.69, 9.17) is 16.9 Å². The third kappa shape index (κ3) is 3.03. The number of nitriles is 1. The van der Waals surface area contributed by atoms with Gasteiger partial charge in [0.1, 0.15) is 17.5 Å². The van der Waals surface area contributed by atoms with Gasteiger partial charge < -0.3 is 5.32 Å². The Morgan fingerprint density at radius 2 is 1.70 bits per heavy atom. The minimum atomic E-state index is -0.830. The molecule has 1 N–H and O–H groups in total. The smallest absolute Gasteiger partial charge is 0.143 e. The Morgan fingerprint density at radius 3 is 2.25 bits per heavy atom. The van der Waals surface area contributed by atoms with Crippen LogP contribution in [0.1, 0.15) is 11.1 Å². The Balaban J connectivity index is 2.19. The molecule has 0 radical (unpaired) electrons. The molecule has 2 rings (SSSR count). The van der Waals surface area contributed by atoms with Crippen molar-refractivity contribution in [3.05, 3.63) is 63.9 Å². The second-order valence-corrected chi connectivity index (χ2v) is 4.42. The van der Waals surface area contributed by atoms with E-state index in [-0.39, 0.29) is 22.7 Å². The second-order valence-electron chi connectivity index (χ2n) is 4.01. The standard InChI is InChI=1S/C14H8ClF3N2/c15-11-2-1-9(5-14(11)18)20-7-10-12(16)3-8(6-19)4-13(10)17/h1-5,20H,7H2. The van der Waals surface area contributed by atoms with Crippen molar-refractivity contribution >= 4 is 17.3 Å². The van der Waals surface area contributed by atoms with Crippen molar-refractivity contribution in [2.75, 3.05) is 5.32 Å². The SMILES string of the molecule is N#Cc1cc(F)c(CNc2ccc(Cl)c(F)c2)c(F)c1. The van der Waals surface area contributed by atoms with E-state index in [1.165, 1.54) is 12.1 Å². The highest BCUT2D eigenvalue weighted by molar-refractivity contribution is 6.30. The van der Waals surface area contributed by atoms with E-state index in [0.29, 0.717) is 5.69 Å². The number of nitrogens with zero attached hydrogens (tertiary/aromatic N) is 1. The molecule has 0 heterocycles. The van der Waals surface area contributed by atoms with E-state index in [9.17, 15) is 13.2 Å². The predicted octanol–water partition coefficient (Wildman–Crippen LogP) is 4.24. The van der Waals surface area contributed by atoms with Gasteiger partial charge in [-0.3, -0.25) is 0 Å². The number of anilines is 1. The summed E-state index contributed by atoms with van der Waals surface area (Å²) in [6.45, 7) is -0.176. The molecule has 2 aromatic carbocycles. The molecule has 0 unspecified atom stereocenters. The first-order chi connectivity index (χ1) is 9.51. The Hall–Kier alpha value is -2.19. The summed E-state index contributed by atoms with van der Waals surface area (Å²) in [6, 6.07) is 7.51. The summed E-state index contributed by atoms with van der Waals surface area (Å²) in [5.41, 5.74) is 0.0238. The summed E-state index contributed by atoms with van der Waals surface area (Å²) in [5, 5.41) is 11.2. The highest BCUT2D eigenvalue weighted by Crippen LogP contribution is 2.21. The van der Waals surface area contributed by atoms with Gasteiger partial charge in [-0.1, -0.05) is 11.6 Å². The molecule has 0 aliphatic carbocycles. The lowest BCUT2D eigenvalue weighted by atomic mass is 10.1. The van der Waals surface area contributed by atoms with Crippen LogP contribution in [0, 0.1) is 28.8 Å². The number of hydrogen-bond acceptors (Lipinski definition) is 2. The maximum atomic E-state index is 13.6. The second kappa shape index (κ2) is 5.85. The van der Waals surface area contributed by atoms with Gasteiger partial charge in [0.05, 0.1) is 16.7 Å². The van der Waals surface area contributed by atoms with Crippen molar-refractivity contribution in [3.8, 4) is 6.07 Å². The maximum Gasteiger partial charge on any atom is 0.143 e. The molecule has 20 heavy (non-hydrogen) atoms. The fourth-order valence-corrected chi connectivity index (χ4v) is 1.75. The number of benzene rings is 2. The Bertz CT molecular complexity index is 672. The Kier molecular flexibility index (Phi) is 4.16. The fraction of sp³-hybridized carbons (Fsp3) is 0.0714. The van der Waals surface area contributed by atoms with E-state index < -0.39 is 17.5 Å². The molecule has 0 saturated carbocycles. The van der Waals surface area contributed by atoms with Gasteiger partial charge in [0, 0.05) is 17.8 Å². The summed E-state index contributed by atoms with van der Waals surface area (Å²) >= 11 is 5.53. The van der Waals surface area contributed by atoms with Gasteiger partial charge >= 0.3 is 0 Å². The van der Waals surface area contributed by atoms with Crippen LogP contribution in [0.3, 0.4) is 0 Å². The molecule has 0 aromatic heterocycles. The van der Waals surface area contributed by atoms with E-state index in [0.717, 1.165) is 18.2 Å². The molecule has 6 heteroatoms. The van der Waals surface area contributed by atoms with Crippen LogP contribution in [0.15, 0.2) is 30.3 Å². The maximum absolute atomic E-state index is 13.6. The van der Waals surface area contributed by atoms with Crippen LogP contribution in [-0.4, -0.2) is 0 Å². The molecule has 0 aliphatic rings. The quantitative estimate of drug-likeness (QED) is 0.919. The zero-order valence-corrected chi connectivity index (χ0v) is 10.8. The first-order valence-electron chi connectivity index (χ1n) is 5.58. The topological polar surface area (TPSA) is 35.8 Å². The van der Waals surface area contributed by atoms with Crippen LogP contribution in [0.4, 0.5) is 18.9 Å². The van der Waals surface area contributed by atoms with Gasteiger partial charge in [0.15, 0.2) is 0 Å². The van der Waals surface area contributed by atoms with E-state index in [1.54, 1.807) is 6.07 Å². The molecule has 0 atom stereocenters. The number of halogens is 4. The van der Waals surface area contributed by atoms with Crippen molar-refractivity contribution in [1.82, 2.24) is 0 Å². The lowest BCUT2D eigenvalue weighted by Gasteiger charge is -2.09. The molecule has 0 fully saturated rings. The molecule has 0 spiro atoms. The summed E-state index contributed by atoms with van der Waals surface area (Å²) < 4.78 is 40.4. The van der Waals surface area contributed by atoms with Gasteiger partial charge in [0.25, 0.3) is 0 Å². The summed E-state index contributed by atoms with van der Waals surface area (Å²) in [5.74, 6) is -2.29. The minimum absolute atomic E-state index is 0.0358. The zero-order chi connectivity index (χ0) is 14.7. The van der Waals surface area contributed by atoms with Gasteiger partial charge in [-0.25, -0.2) is 13.2 Å².